The van der Waals surface area contributed by atoms with Gasteiger partial charge in [-0.05, 0) is 30.9 Å². The lowest BCUT2D eigenvalue weighted by molar-refractivity contribution is -0.0159. The van der Waals surface area contributed by atoms with Crippen molar-refractivity contribution < 1.29 is 9.15 Å². The molecule has 2 aliphatic rings. The van der Waals surface area contributed by atoms with E-state index >= 15 is 0 Å². The predicted octanol–water partition coefficient (Wildman–Crippen LogP) is 2.47. The summed E-state index contributed by atoms with van der Waals surface area (Å²) in [4.78, 5) is 11.6. The van der Waals surface area contributed by atoms with Gasteiger partial charge in [0.1, 0.15) is 11.6 Å². The van der Waals surface area contributed by atoms with E-state index in [0.29, 0.717) is 6.61 Å². The van der Waals surface area contributed by atoms with E-state index < -0.39 is 0 Å². The quantitative estimate of drug-likeness (QED) is 0.884. The van der Waals surface area contributed by atoms with Gasteiger partial charge in [-0.3, -0.25) is 4.90 Å². The van der Waals surface area contributed by atoms with Crippen LogP contribution in [0, 0.1) is 5.92 Å². The molecule has 4 rings (SSSR count). The molecule has 0 spiro atoms. The Balaban J connectivity index is 1.48. The van der Waals surface area contributed by atoms with Crippen molar-refractivity contribution in [3.05, 3.63) is 42.2 Å². The molecule has 1 N–H and O–H groups in total. The summed E-state index contributed by atoms with van der Waals surface area (Å²) in [5.41, 5.74) is 1.17. The van der Waals surface area contributed by atoms with Crippen LogP contribution in [0.1, 0.15) is 30.3 Å². The highest BCUT2D eigenvalue weighted by Gasteiger charge is 2.27. The third-order valence-electron chi connectivity index (χ3n) is 4.45. The normalized spacial score (nSPS) is 22.2. The van der Waals surface area contributed by atoms with E-state index in [1.807, 2.05) is 18.3 Å². The molecule has 23 heavy (non-hydrogen) atoms. The molecule has 1 saturated carbocycles. The Kier molecular flexibility index (Phi) is 4.26. The Morgan fingerprint density at radius 3 is 3.09 bits per heavy atom. The molecule has 0 amide bonds. The lowest BCUT2D eigenvalue weighted by atomic mass is 10.2. The minimum absolute atomic E-state index is 0.0846. The molecule has 3 heterocycles. The van der Waals surface area contributed by atoms with Crippen molar-refractivity contribution in [3.63, 3.8) is 0 Å². The molecule has 2 aromatic rings. The fourth-order valence-corrected chi connectivity index (χ4v) is 2.89. The van der Waals surface area contributed by atoms with Crippen LogP contribution in [0.25, 0.3) is 0 Å². The molecule has 2 aromatic heterocycles. The van der Waals surface area contributed by atoms with E-state index in [1.165, 1.54) is 18.4 Å². The molecule has 0 aromatic carbocycles. The first-order valence-electron chi connectivity index (χ1n) is 8.28. The maximum absolute atomic E-state index is 5.67. The summed E-state index contributed by atoms with van der Waals surface area (Å²) in [5.74, 6) is 2.56. The van der Waals surface area contributed by atoms with E-state index in [4.69, 9.17) is 14.1 Å². The standard InChI is InChI=1S/C17H22N4O2/c1-2-13(1)9-19-16-3-5-18-17(20-16)15-12-23-8-6-21(15)10-14-4-7-22-11-14/h3-5,7,11,13,15H,1-2,6,8-10,12H2,(H,18,19,20). The fraction of sp³-hybridized carbons (Fsp3) is 0.529. The Morgan fingerprint density at radius 2 is 2.26 bits per heavy atom. The number of nitrogens with one attached hydrogen (secondary N) is 1. The molecule has 1 unspecified atom stereocenters. The molecule has 0 bridgehead atoms. The van der Waals surface area contributed by atoms with Crippen LogP contribution in [0.4, 0.5) is 5.82 Å². The number of anilines is 1. The van der Waals surface area contributed by atoms with Crippen molar-refractivity contribution >= 4 is 5.82 Å². The second-order valence-electron chi connectivity index (χ2n) is 6.32. The summed E-state index contributed by atoms with van der Waals surface area (Å²) in [7, 11) is 0. The van der Waals surface area contributed by atoms with Gasteiger partial charge in [-0.15, -0.1) is 0 Å². The molecule has 1 aliphatic carbocycles. The Morgan fingerprint density at radius 1 is 1.30 bits per heavy atom. The van der Waals surface area contributed by atoms with E-state index in [0.717, 1.165) is 43.8 Å². The SMILES string of the molecule is c1cc(NCC2CC2)nc(C2COCCN2Cc2ccoc2)n1. The maximum atomic E-state index is 5.67. The van der Waals surface area contributed by atoms with Gasteiger partial charge < -0.3 is 14.5 Å². The summed E-state index contributed by atoms with van der Waals surface area (Å²) in [6.07, 6.45) is 8.01. The average Bonchev–Trinajstić information content (AvgIpc) is 3.29. The summed E-state index contributed by atoms with van der Waals surface area (Å²) in [5, 5.41) is 3.42. The number of hydrogen-bond donors (Lipinski definition) is 1. The lowest BCUT2D eigenvalue weighted by Crippen LogP contribution is -2.39. The predicted molar refractivity (Wildman–Crippen MR) is 85.9 cm³/mol. The van der Waals surface area contributed by atoms with Crippen LogP contribution in [-0.2, 0) is 11.3 Å². The van der Waals surface area contributed by atoms with Crippen LogP contribution in [0.2, 0.25) is 0 Å². The highest BCUT2D eigenvalue weighted by atomic mass is 16.5. The second-order valence-corrected chi connectivity index (χ2v) is 6.32. The van der Waals surface area contributed by atoms with Crippen molar-refractivity contribution in [2.75, 3.05) is 31.6 Å². The van der Waals surface area contributed by atoms with Gasteiger partial charge >= 0.3 is 0 Å². The molecule has 1 atom stereocenters. The molecule has 6 nitrogen and oxygen atoms in total. The number of morpholine rings is 1. The summed E-state index contributed by atoms with van der Waals surface area (Å²) >= 11 is 0. The van der Waals surface area contributed by atoms with Gasteiger partial charge in [0.25, 0.3) is 0 Å². The zero-order valence-electron chi connectivity index (χ0n) is 13.1. The van der Waals surface area contributed by atoms with E-state index in [2.05, 4.69) is 15.2 Å². The van der Waals surface area contributed by atoms with Crippen LogP contribution < -0.4 is 5.32 Å². The first-order chi connectivity index (χ1) is 11.4. The van der Waals surface area contributed by atoms with Gasteiger partial charge in [-0.1, -0.05) is 0 Å². The largest absolute Gasteiger partial charge is 0.472 e. The third-order valence-corrected chi connectivity index (χ3v) is 4.45. The van der Waals surface area contributed by atoms with E-state index in [-0.39, 0.29) is 6.04 Å². The highest BCUT2D eigenvalue weighted by Crippen LogP contribution is 2.29. The first-order valence-corrected chi connectivity index (χ1v) is 8.28. The molecule has 2 fully saturated rings. The summed E-state index contributed by atoms with van der Waals surface area (Å²) in [6.45, 7) is 4.08. The van der Waals surface area contributed by atoms with Gasteiger partial charge in [0.05, 0.1) is 31.8 Å². The van der Waals surface area contributed by atoms with Crippen molar-refractivity contribution in [1.29, 1.82) is 0 Å². The van der Waals surface area contributed by atoms with Gasteiger partial charge in [0.2, 0.25) is 0 Å². The number of hydrogen-bond acceptors (Lipinski definition) is 6. The Labute approximate surface area is 135 Å². The summed E-state index contributed by atoms with van der Waals surface area (Å²) < 4.78 is 10.8. The van der Waals surface area contributed by atoms with Crippen LogP contribution in [0.15, 0.2) is 35.3 Å². The number of rotatable bonds is 6. The maximum Gasteiger partial charge on any atom is 0.150 e. The first kappa shape index (κ1) is 14.7. The van der Waals surface area contributed by atoms with Gasteiger partial charge in [0, 0.05) is 31.4 Å². The smallest absolute Gasteiger partial charge is 0.150 e. The van der Waals surface area contributed by atoms with E-state index in [1.54, 1.807) is 12.5 Å². The van der Waals surface area contributed by atoms with Crippen molar-refractivity contribution in [3.8, 4) is 0 Å². The zero-order chi connectivity index (χ0) is 15.5. The number of ether oxygens (including phenoxy) is 1. The second kappa shape index (κ2) is 6.68. The molecular formula is C17H22N4O2. The van der Waals surface area contributed by atoms with Crippen molar-refractivity contribution in [2.24, 2.45) is 5.92 Å². The number of aromatic nitrogens is 2. The molecular weight excluding hydrogens is 292 g/mol. The molecule has 1 saturated heterocycles. The third kappa shape index (κ3) is 3.71. The van der Waals surface area contributed by atoms with Crippen LogP contribution in [-0.4, -0.2) is 41.2 Å². The minimum Gasteiger partial charge on any atom is -0.472 e. The fourth-order valence-electron chi connectivity index (χ4n) is 2.89. The average molecular weight is 314 g/mol. The molecule has 122 valence electrons. The van der Waals surface area contributed by atoms with Crippen LogP contribution in [0.5, 0.6) is 0 Å². The molecule has 6 heteroatoms. The van der Waals surface area contributed by atoms with Crippen LogP contribution >= 0.6 is 0 Å². The Bertz CT molecular complexity index is 627. The zero-order valence-corrected chi connectivity index (χ0v) is 13.1. The molecule has 0 radical (unpaired) electrons. The van der Waals surface area contributed by atoms with Gasteiger partial charge in [-0.2, -0.15) is 0 Å². The monoisotopic (exact) mass is 314 g/mol. The summed E-state index contributed by atoms with van der Waals surface area (Å²) in [6, 6.07) is 4.03. The van der Waals surface area contributed by atoms with Gasteiger partial charge in [-0.25, -0.2) is 9.97 Å². The van der Waals surface area contributed by atoms with Crippen molar-refractivity contribution in [1.82, 2.24) is 14.9 Å². The number of nitrogens with zero attached hydrogens (tertiary/aromatic N) is 3. The van der Waals surface area contributed by atoms with Gasteiger partial charge in [0.15, 0.2) is 0 Å². The minimum atomic E-state index is 0.0846. The van der Waals surface area contributed by atoms with Crippen molar-refractivity contribution in [2.45, 2.75) is 25.4 Å². The lowest BCUT2D eigenvalue weighted by Gasteiger charge is -2.34. The highest BCUT2D eigenvalue weighted by molar-refractivity contribution is 5.33. The molecule has 1 aliphatic heterocycles. The topological polar surface area (TPSA) is 63.4 Å². The van der Waals surface area contributed by atoms with E-state index in [9.17, 15) is 0 Å². The van der Waals surface area contributed by atoms with Crippen LogP contribution in [0.3, 0.4) is 0 Å². The Hall–Kier alpha value is -1.92. The number of furan rings is 1.